The first-order valence-electron chi connectivity index (χ1n) is 7.43. The molecule has 0 bridgehead atoms. The molecular formula is C18H25NO2. The average Bonchev–Trinajstić information content (AvgIpc) is 2.43. The van der Waals surface area contributed by atoms with Gasteiger partial charge in [0.2, 0.25) is 0 Å². The predicted octanol–water partition coefficient (Wildman–Crippen LogP) is 4.45. The molecule has 1 unspecified atom stereocenters. The highest BCUT2D eigenvalue weighted by Gasteiger charge is 2.34. The molecule has 0 spiro atoms. The molecule has 3 heteroatoms. The van der Waals surface area contributed by atoms with Crippen LogP contribution in [0.15, 0.2) is 24.3 Å². The van der Waals surface area contributed by atoms with Crippen molar-refractivity contribution in [1.29, 1.82) is 5.26 Å². The van der Waals surface area contributed by atoms with Crippen LogP contribution in [-0.4, -0.2) is 11.1 Å². The molecule has 0 radical (unpaired) electrons. The van der Waals surface area contributed by atoms with Crippen molar-refractivity contribution in [2.24, 2.45) is 5.41 Å². The van der Waals surface area contributed by atoms with Gasteiger partial charge in [0.25, 0.3) is 0 Å². The Morgan fingerprint density at radius 1 is 1.24 bits per heavy atom. The van der Waals surface area contributed by atoms with Gasteiger partial charge in [-0.2, -0.15) is 5.26 Å². The molecule has 0 aliphatic rings. The third kappa shape index (κ3) is 4.60. The first-order chi connectivity index (χ1) is 9.71. The number of unbranched alkanes of at least 4 members (excludes halogenated alkanes) is 1. The number of hydrogen-bond donors (Lipinski definition) is 1. The smallest absolute Gasteiger partial charge is 0.313 e. The highest BCUT2D eigenvalue weighted by atomic mass is 16.4. The lowest BCUT2D eigenvalue weighted by Gasteiger charge is -2.26. The summed E-state index contributed by atoms with van der Waals surface area (Å²) in [6.07, 6.45) is 3.07. The second kappa shape index (κ2) is 6.76. The van der Waals surface area contributed by atoms with Crippen molar-refractivity contribution in [3.05, 3.63) is 35.4 Å². The van der Waals surface area contributed by atoms with Crippen molar-refractivity contribution in [3.63, 3.8) is 0 Å². The van der Waals surface area contributed by atoms with E-state index in [0.717, 1.165) is 30.4 Å². The SMILES string of the molecule is Cc1cccc(C(C)(CCCCC(C)(C)C#N)C(=O)O)c1. The fourth-order valence-electron chi connectivity index (χ4n) is 2.46. The summed E-state index contributed by atoms with van der Waals surface area (Å²) in [7, 11) is 0. The molecule has 3 nitrogen and oxygen atoms in total. The Morgan fingerprint density at radius 2 is 1.86 bits per heavy atom. The van der Waals surface area contributed by atoms with Gasteiger partial charge in [-0.05, 0) is 46.1 Å². The molecule has 0 saturated carbocycles. The number of carboxylic acid groups (broad SMARTS) is 1. The van der Waals surface area contributed by atoms with Crippen molar-refractivity contribution in [2.75, 3.05) is 0 Å². The largest absolute Gasteiger partial charge is 0.481 e. The Labute approximate surface area is 127 Å². The van der Waals surface area contributed by atoms with Crippen LogP contribution in [0.2, 0.25) is 0 Å². The van der Waals surface area contributed by atoms with Crippen LogP contribution in [0, 0.1) is 23.7 Å². The normalized spacial score (nSPS) is 14.2. The molecule has 1 N–H and O–H groups in total. The topological polar surface area (TPSA) is 61.1 Å². The Hall–Kier alpha value is -1.82. The molecule has 1 aromatic carbocycles. The fourth-order valence-corrected chi connectivity index (χ4v) is 2.46. The predicted molar refractivity (Wildman–Crippen MR) is 84.0 cm³/mol. The molecule has 1 atom stereocenters. The van der Waals surface area contributed by atoms with E-state index in [-0.39, 0.29) is 5.41 Å². The molecule has 0 aliphatic carbocycles. The van der Waals surface area contributed by atoms with Crippen LogP contribution in [0.3, 0.4) is 0 Å². The van der Waals surface area contributed by atoms with Crippen molar-refractivity contribution >= 4 is 5.97 Å². The van der Waals surface area contributed by atoms with Gasteiger partial charge in [0.15, 0.2) is 0 Å². The number of hydrogen-bond acceptors (Lipinski definition) is 2. The van der Waals surface area contributed by atoms with E-state index in [1.807, 2.05) is 45.0 Å². The Bertz CT molecular complexity index is 542. The number of aryl methyl sites for hydroxylation is 1. The number of aliphatic carboxylic acids is 1. The van der Waals surface area contributed by atoms with Crippen LogP contribution in [0.4, 0.5) is 0 Å². The van der Waals surface area contributed by atoms with Gasteiger partial charge in [-0.3, -0.25) is 4.79 Å². The van der Waals surface area contributed by atoms with Crippen LogP contribution in [0.1, 0.15) is 57.6 Å². The van der Waals surface area contributed by atoms with Gasteiger partial charge < -0.3 is 5.11 Å². The van der Waals surface area contributed by atoms with E-state index in [1.165, 1.54) is 0 Å². The van der Waals surface area contributed by atoms with E-state index in [0.29, 0.717) is 6.42 Å². The molecule has 114 valence electrons. The van der Waals surface area contributed by atoms with E-state index in [9.17, 15) is 9.90 Å². The average molecular weight is 287 g/mol. The number of nitrogens with zero attached hydrogens (tertiary/aromatic N) is 1. The molecule has 0 saturated heterocycles. The number of carbonyl (C=O) groups is 1. The summed E-state index contributed by atoms with van der Waals surface area (Å²) in [6.45, 7) is 7.61. The summed E-state index contributed by atoms with van der Waals surface area (Å²) >= 11 is 0. The zero-order valence-corrected chi connectivity index (χ0v) is 13.4. The van der Waals surface area contributed by atoms with Gasteiger partial charge in [0.05, 0.1) is 16.9 Å². The van der Waals surface area contributed by atoms with E-state index in [1.54, 1.807) is 6.92 Å². The molecule has 0 aliphatic heterocycles. The van der Waals surface area contributed by atoms with Crippen LogP contribution in [0.5, 0.6) is 0 Å². The monoisotopic (exact) mass is 287 g/mol. The molecule has 1 aromatic rings. The molecule has 0 aromatic heterocycles. The van der Waals surface area contributed by atoms with Gasteiger partial charge in [-0.25, -0.2) is 0 Å². The maximum absolute atomic E-state index is 11.7. The zero-order chi connectivity index (χ0) is 16.1. The quantitative estimate of drug-likeness (QED) is 0.754. The zero-order valence-electron chi connectivity index (χ0n) is 13.4. The summed E-state index contributed by atoms with van der Waals surface area (Å²) in [5.74, 6) is -0.785. The van der Waals surface area contributed by atoms with Crippen LogP contribution < -0.4 is 0 Å². The maximum atomic E-state index is 11.7. The van der Waals surface area contributed by atoms with E-state index in [2.05, 4.69) is 6.07 Å². The number of carboxylic acids is 1. The van der Waals surface area contributed by atoms with Crippen molar-refractivity contribution < 1.29 is 9.90 Å². The van der Waals surface area contributed by atoms with E-state index >= 15 is 0 Å². The minimum absolute atomic E-state index is 0.330. The summed E-state index contributed by atoms with van der Waals surface area (Å²) in [6, 6.07) is 10.0. The molecule has 0 fully saturated rings. The Balaban J connectivity index is 2.75. The lowest BCUT2D eigenvalue weighted by molar-refractivity contribution is -0.143. The van der Waals surface area contributed by atoms with Crippen molar-refractivity contribution in [1.82, 2.24) is 0 Å². The van der Waals surface area contributed by atoms with Gasteiger partial charge in [0, 0.05) is 0 Å². The molecule has 0 amide bonds. The Morgan fingerprint density at radius 3 is 2.38 bits per heavy atom. The number of nitriles is 1. The lowest BCUT2D eigenvalue weighted by atomic mass is 9.77. The molecule has 1 rings (SSSR count). The standard InChI is InChI=1S/C18H25NO2/c1-14-8-7-9-15(12-14)18(4,16(20)21)11-6-5-10-17(2,3)13-19/h7-9,12H,5-6,10-11H2,1-4H3,(H,20,21). The van der Waals surface area contributed by atoms with Crippen LogP contribution in [0.25, 0.3) is 0 Å². The van der Waals surface area contributed by atoms with E-state index in [4.69, 9.17) is 5.26 Å². The van der Waals surface area contributed by atoms with Crippen molar-refractivity contribution in [3.8, 4) is 6.07 Å². The summed E-state index contributed by atoms with van der Waals surface area (Å²) < 4.78 is 0. The van der Waals surface area contributed by atoms with Gasteiger partial charge in [0.1, 0.15) is 0 Å². The second-order valence-corrected chi connectivity index (χ2v) is 6.71. The third-order valence-electron chi connectivity index (χ3n) is 4.16. The summed E-state index contributed by atoms with van der Waals surface area (Å²) in [4.78, 5) is 11.7. The number of rotatable bonds is 7. The van der Waals surface area contributed by atoms with Gasteiger partial charge in [-0.15, -0.1) is 0 Å². The first kappa shape index (κ1) is 17.2. The molecule has 0 heterocycles. The highest BCUT2D eigenvalue weighted by Crippen LogP contribution is 2.32. The third-order valence-corrected chi connectivity index (χ3v) is 4.16. The minimum Gasteiger partial charge on any atom is -0.481 e. The lowest BCUT2D eigenvalue weighted by Crippen LogP contribution is -2.32. The molecular weight excluding hydrogens is 262 g/mol. The second-order valence-electron chi connectivity index (χ2n) is 6.71. The van der Waals surface area contributed by atoms with E-state index < -0.39 is 11.4 Å². The maximum Gasteiger partial charge on any atom is 0.313 e. The highest BCUT2D eigenvalue weighted by molar-refractivity contribution is 5.80. The Kier molecular flexibility index (Phi) is 5.54. The van der Waals surface area contributed by atoms with Crippen molar-refractivity contribution in [2.45, 2.75) is 58.8 Å². The summed E-state index contributed by atoms with van der Waals surface area (Å²) in [5, 5.41) is 18.6. The molecule has 21 heavy (non-hydrogen) atoms. The first-order valence-corrected chi connectivity index (χ1v) is 7.43. The van der Waals surface area contributed by atoms with Gasteiger partial charge in [-0.1, -0.05) is 42.7 Å². The van der Waals surface area contributed by atoms with Crippen LogP contribution in [-0.2, 0) is 10.2 Å². The van der Waals surface area contributed by atoms with Gasteiger partial charge >= 0.3 is 5.97 Å². The summed E-state index contributed by atoms with van der Waals surface area (Å²) in [5.41, 5.74) is 0.742. The number of benzene rings is 1. The fraction of sp³-hybridized carbons (Fsp3) is 0.556. The van der Waals surface area contributed by atoms with Crippen LogP contribution >= 0.6 is 0 Å². The minimum atomic E-state index is -0.858.